The highest BCUT2D eigenvalue weighted by atomic mass is 16.4. The van der Waals surface area contributed by atoms with Gasteiger partial charge in [-0.3, -0.25) is 0 Å². The molecular formula is C5H5N3O4. The van der Waals surface area contributed by atoms with Gasteiger partial charge >= 0.3 is 5.97 Å². The first-order chi connectivity index (χ1) is 5.65. The van der Waals surface area contributed by atoms with Crippen LogP contribution in [-0.2, 0) is 0 Å². The first-order valence-electron chi connectivity index (χ1n) is 2.82. The van der Waals surface area contributed by atoms with E-state index in [9.17, 15) is 4.79 Å². The monoisotopic (exact) mass is 171 g/mol. The second-order valence-electron chi connectivity index (χ2n) is 1.83. The summed E-state index contributed by atoms with van der Waals surface area (Å²) in [6.07, 6.45) is 0.899. The summed E-state index contributed by atoms with van der Waals surface area (Å²) in [5.74, 6) is -1.84. The van der Waals surface area contributed by atoms with Crippen molar-refractivity contribution in [2.45, 2.75) is 0 Å². The maximum Gasteiger partial charge on any atom is 0.357 e. The number of hydrogen-bond donors (Lipinski definition) is 3. The maximum atomic E-state index is 10.3. The molecule has 0 fully saturated rings. The number of carboxylic acid groups (broad SMARTS) is 1. The minimum Gasteiger partial charge on any atom is -0.476 e. The number of rotatable bonds is 2. The number of aromatic carboxylic acids is 1. The SMILES string of the molecule is N/C(=N\O)c1nc(C(=O)O)co1. The maximum absolute atomic E-state index is 10.3. The third kappa shape index (κ3) is 1.34. The van der Waals surface area contributed by atoms with E-state index in [1.807, 2.05) is 0 Å². The molecule has 12 heavy (non-hydrogen) atoms. The Kier molecular flexibility index (Phi) is 1.95. The van der Waals surface area contributed by atoms with Crippen LogP contribution in [0.25, 0.3) is 0 Å². The molecule has 4 N–H and O–H groups in total. The van der Waals surface area contributed by atoms with Gasteiger partial charge in [0.25, 0.3) is 5.89 Å². The standard InChI is InChI=1S/C5H5N3O4/c6-3(8-11)4-7-2(1-12-4)5(9)10/h1,11H,(H2,6,8)(H,9,10). The zero-order valence-electron chi connectivity index (χ0n) is 5.76. The second-order valence-corrected chi connectivity index (χ2v) is 1.83. The number of aromatic nitrogens is 1. The first kappa shape index (κ1) is 8.05. The molecule has 7 heteroatoms. The molecule has 1 aromatic rings. The predicted octanol–water partition coefficient (Wildman–Crippen LogP) is -0.533. The molecule has 0 aliphatic heterocycles. The molecule has 1 heterocycles. The predicted molar refractivity (Wildman–Crippen MR) is 36.0 cm³/mol. The number of oxime groups is 1. The molecule has 0 aliphatic rings. The molecular weight excluding hydrogens is 166 g/mol. The summed E-state index contributed by atoms with van der Waals surface area (Å²) in [6, 6.07) is 0. The highest BCUT2D eigenvalue weighted by Crippen LogP contribution is 2.00. The lowest BCUT2D eigenvalue weighted by molar-refractivity contribution is 0.0690. The van der Waals surface area contributed by atoms with E-state index >= 15 is 0 Å². The Labute approximate surface area is 66.1 Å². The molecule has 0 radical (unpaired) electrons. The van der Waals surface area contributed by atoms with Gasteiger partial charge in [-0.2, -0.15) is 4.98 Å². The Hall–Kier alpha value is -2.05. The van der Waals surface area contributed by atoms with Crippen molar-refractivity contribution in [1.82, 2.24) is 4.98 Å². The van der Waals surface area contributed by atoms with E-state index in [1.54, 1.807) is 0 Å². The lowest BCUT2D eigenvalue weighted by Gasteiger charge is -1.86. The topological polar surface area (TPSA) is 122 Å². The van der Waals surface area contributed by atoms with Crippen LogP contribution in [0.2, 0.25) is 0 Å². The molecule has 7 nitrogen and oxygen atoms in total. The fourth-order valence-electron chi connectivity index (χ4n) is 0.532. The molecule has 0 aromatic carbocycles. The zero-order valence-corrected chi connectivity index (χ0v) is 5.76. The van der Waals surface area contributed by atoms with Crippen molar-refractivity contribution in [3.05, 3.63) is 17.8 Å². The van der Waals surface area contributed by atoms with Crippen LogP contribution >= 0.6 is 0 Å². The Morgan fingerprint density at radius 2 is 2.42 bits per heavy atom. The van der Waals surface area contributed by atoms with Gasteiger partial charge in [-0.15, -0.1) is 0 Å². The lowest BCUT2D eigenvalue weighted by Crippen LogP contribution is -2.13. The van der Waals surface area contributed by atoms with Crippen LogP contribution in [0.4, 0.5) is 0 Å². The average molecular weight is 171 g/mol. The van der Waals surface area contributed by atoms with E-state index in [1.165, 1.54) is 0 Å². The van der Waals surface area contributed by atoms with E-state index in [4.69, 9.17) is 16.0 Å². The average Bonchev–Trinajstić information content (AvgIpc) is 2.51. The van der Waals surface area contributed by atoms with Crippen LogP contribution in [-0.4, -0.2) is 27.1 Å². The molecule has 0 bridgehead atoms. The Morgan fingerprint density at radius 3 is 2.83 bits per heavy atom. The molecule has 0 saturated carbocycles. The summed E-state index contributed by atoms with van der Waals surface area (Å²) >= 11 is 0. The molecule has 1 aromatic heterocycles. The van der Waals surface area contributed by atoms with Gasteiger partial charge < -0.3 is 20.5 Å². The minimum atomic E-state index is -1.24. The zero-order chi connectivity index (χ0) is 9.14. The number of nitrogens with two attached hydrogens (primary N) is 1. The van der Waals surface area contributed by atoms with Gasteiger partial charge in [-0.05, 0) is 0 Å². The molecule has 0 amide bonds. The van der Waals surface area contributed by atoms with Crippen LogP contribution in [0.1, 0.15) is 16.4 Å². The van der Waals surface area contributed by atoms with Crippen molar-refractivity contribution in [3.8, 4) is 0 Å². The van der Waals surface area contributed by atoms with Crippen molar-refractivity contribution in [2.75, 3.05) is 0 Å². The van der Waals surface area contributed by atoms with Crippen LogP contribution in [0, 0.1) is 0 Å². The summed E-state index contributed by atoms with van der Waals surface area (Å²) in [7, 11) is 0. The summed E-state index contributed by atoms with van der Waals surface area (Å²) in [4.78, 5) is 13.7. The Bertz CT molecular complexity index is 329. The van der Waals surface area contributed by atoms with E-state index in [0.717, 1.165) is 6.26 Å². The van der Waals surface area contributed by atoms with Crippen LogP contribution < -0.4 is 5.73 Å². The van der Waals surface area contributed by atoms with Crippen molar-refractivity contribution in [3.63, 3.8) is 0 Å². The number of hydrogen-bond acceptors (Lipinski definition) is 5. The molecule has 0 atom stereocenters. The summed E-state index contributed by atoms with van der Waals surface area (Å²) in [5.41, 5.74) is 4.76. The van der Waals surface area contributed by atoms with Gasteiger partial charge in [-0.25, -0.2) is 4.79 Å². The highest BCUT2D eigenvalue weighted by Gasteiger charge is 2.12. The van der Waals surface area contributed by atoms with E-state index in [0.29, 0.717) is 0 Å². The van der Waals surface area contributed by atoms with E-state index in [-0.39, 0.29) is 17.4 Å². The first-order valence-corrected chi connectivity index (χ1v) is 2.82. The van der Waals surface area contributed by atoms with Crippen molar-refractivity contribution in [1.29, 1.82) is 0 Å². The summed E-state index contributed by atoms with van der Waals surface area (Å²) < 4.78 is 4.57. The van der Waals surface area contributed by atoms with Gasteiger partial charge in [0, 0.05) is 0 Å². The number of carboxylic acids is 1. The van der Waals surface area contributed by atoms with Crippen molar-refractivity contribution in [2.24, 2.45) is 10.9 Å². The molecule has 64 valence electrons. The van der Waals surface area contributed by atoms with Gasteiger partial charge in [0.15, 0.2) is 5.69 Å². The Balaban J connectivity index is 2.99. The van der Waals surface area contributed by atoms with Crippen LogP contribution in [0.5, 0.6) is 0 Å². The normalized spacial score (nSPS) is 11.5. The van der Waals surface area contributed by atoms with Crippen molar-refractivity contribution >= 4 is 11.8 Å². The number of carbonyl (C=O) groups is 1. The lowest BCUT2D eigenvalue weighted by atomic mass is 10.5. The molecule has 0 saturated heterocycles. The molecule has 0 unspecified atom stereocenters. The third-order valence-corrected chi connectivity index (χ3v) is 1.05. The number of nitrogens with zero attached hydrogens (tertiary/aromatic N) is 2. The quantitative estimate of drug-likeness (QED) is 0.238. The smallest absolute Gasteiger partial charge is 0.357 e. The van der Waals surface area contributed by atoms with Crippen LogP contribution in [0.3, 0.4) is 0 Å². The van der Waals surface area contributed by atoms with E-state index in [2.05, 4.69) is 14.6 Å². The fraction of sp³-hybridized carbons (Fsp3) is 0. The van der Waals surface area contributed by atoms with Gasteiger partial charge in [0.05, 0.1) is 0 Å². The number of amidine groups is 1. The van der Waals surface area contributed by atoms with Gasteiger partial charge in [-0.1, -0.05) is 5.16 Å². The molecule has 0 spiro atoms. The summed E-state index contributed by atoms with van der Waals surface area (Å²) in [5, 5.41) is 19.1. The Morgan fingerprint density at radius 1 is 1.75 bits per heavy atom. The van der Waals surface area contributed by atoms with Crippen LogP contribution in [0.15, 0.2) is 15.8 Å². The largest absolute Gasteiger partial charge is 0.476 e. The van der Waals surface area contributed by atoms with E-state index < -0.39 is 5.97 Å². The fourth-order valence-corrected chi connectivity index (χ4v) is 0.532. The van der Waals surface area contributed by atoms with Gasteiger partial charge in [0.1, 0.15) is 6.26 Å². The van der Waals surface area contributed by atoms with Gasteiger partial charge in [0.2, 0.25) is 5.84 Å². The third-order valence-electron chi connectivity index (χ3n) is 1.05. The van der Waals surface area contributed by atoms with Crippen molar-refractivity contribution < 1.29 is 19.5 Å². The minimum absolute atomic E-state index is 0.227. The number of oxazole rings is 1. The molecule has 1 rings (SSSR count). The second kappa shape index (κ2) is 2.91. The highest BCUT2D eigenvalue weighted by molar-refractivity contribution is 5.94. The summed E-state index contributed by atoms with van der Waals surface area (Å²) in [6.45, 7) is 0. The molecule has 0 aliphatic carbocycles.